The molecule has 0 bridgehead atoms. The van der Waals surface area contributed by atoms with Gasteiger partial charge >= 0.3 is 0 Å². The summed E-state index contributed by atoms with van der Waals surface area (Å²) < 4.78 is 5.47. The zero-order valence-electron chi connectivity index (χ0n) is 12.0. The number of amides is 1. The van der Waals surface area contributed by atoms with E-state index in [0.717, 1.165) is 19.3 Å². The van der Waals surface area contributed by atoms with Crippen LogP contribution in [0.2, 0.25) is 0 Å². The number of hydrogen-bond donors (Lipinski definition) is 2. The van der Waals surface area contributed by atoms with E-state index in [9.17, 15) is 9.90 Å². The van der Waals surface area contributed by atoms with Gasteiger partial charge in [-0.05, 0) is 32.8 Å². The minimum atomic E-state index is -0.293. The summed E-state index contributed by atoms with van der Waals surface area (Å²) in [7, 11) is 0. The highest BCUT2D eigenvalue weighted by Gasteiger charge is 2.25. The molecule has 2 atom stereocenters. The van der Waals surface area contributed by atoms with Crippen LogP contribution in [0.15, 0.2) is 18.2 Å². The molecule has 0 aliphatic heterocycles. The number of rotatable bonds is 5. The second kappa shape index (κ2) is 6.70. The van der Waals surface area contributed by atoms with Crippen molar-refractivity contribution in [2.45, 2.75) is 45.3 Å². The van der Waals surface area contributed by atoms with Crippen LogP contribution in [0.3, 0.4) is 0 Å². The molecule has 0 spiro atoms. The summed E-state index contributed by atoms with van der Waals surface area (Å²) in [6.45, 7) is 4.32. The van der Waals surface area contributed by atoms with Crippen LogP contribution in [-0.2, 0) is 0 Å². The van der Waals surface area contributed by atoms with E-state index in [2.05, 4.69) is 10.3 Å². The number of aliphatic hydroxyl groups excluding tert-OH is 1. The van der Waals surface area contributed by atoms with Gasteiger partial charge in [-0.1, -0.05) is 12.5 Å². The molecule has 0 radical (unpaired) electrons. The SMILES string of the molecule is CC(C)Oc1cccc(C(=O)NCC2CCCC2O)n1. The normalized spacial score (nSPS) is 22.0. The Labute approximate surface area is 119 Å². The van der Waals surface area contributed by atoms with Gasteiger partial charge in [0.15, 0.2) is 0 Å². The molecule has 20 heavy (non-hydrogen) atoms. The van der Waals surface area contributed by atoms with Crippen LogP contribution in [0.1, 0.15) is 43.6 Å². The Kier molecular flexibility index (Phi) is 4.95. The summed E-state index contributed by atoms with van der Waals surface area (Å²) in [5.41, 5.74) is 0.343. The summed E-state index contributed by atoms with van der Waals surface area (Å²) in [6.07, 6.45) is 2.55. The molecular weight excluding hydrogens is 256 g/mol. The lowest BCUT2D eigenvalue weighted by Gasteiger charge is -2.15. The van der Waals surface area contributed by atoms with Crippen molar-refractivity contribution in [2.24, 2.45) is 5.92 Å². The number of carbonyl (C=O) groups is 1. The Morgan fingerprint density at radius 1 is 1.50 bits per heavy atom. The molecule has 1 saturated carbocycles. The van der Waals surface area contributed by atoms with E-state index >= 15 is 0 Å². The molecule has 1 fully saturated rings. The summed E-state index contributed by atoms with van der Waals surface area (Å²) in [4.78, 5) is 16.2. The summed E-state index contributed by atoms with van der Waals surface area (Å²) in [5.74, 6) is 0.390. The molecule has 5 heteroatoms. The first-order valence-corrected chi connectivity index (χ1v) is 7.16. The van der Waals surface area contributed by atoms with Crippen molar-refractivity contribution in [3.05, 3.63) is 23.9 Å². The number of hydrogen-bond acceptors (Lipinski definition) is 4. The van der Waals surface area contributed by atoms with Gasteiger partial charge in [0, 0.05) is 18.5 Å². The fraction of sp³-hybridized carbons (Fsp3) is 0.600. The number of pyridine rings is 1. The molecule has 2 unspecified atom stereocenters. The van der Waals surface area contributed by atoms with Crippen LogP contribution in [-0.4, -0.2) is 34.8 Å². The van der Waals surface area contributed by atoms with E-state index in [-0.39, 0.29) is 24.0 Å². The summed E-state index contributed by atoms with van der Waals surface area (Å²) >= 11 is 0. The molecule has 1 amide bonds. The molecule has 2 N–H and O–H groups in total. The minimum Gasteiger partial charge on any atom is -0.475 e. The van der Waals surface area contributed by atoms with Crippen LogP contribution in [0, 0.1) is 5.92 Å². The molecule has 1 aliphatic carbocycles. The van der Waals surface area contributed by atoms with Gasteiger partial charge in [-0.3, -0.25) is 4.79 Å². The van der Waals surface area contributed by atoms with Crippen molar-refractivity contribution < 1.29 is 14.6 Å². The maximum absolute atomic E-state index is 12.0. The monoisotopic (exact) mass is 278 g/mol. The predicted molar refractivity (Wildman–Crippen MR) is 75.7 cm³/mol. The lowest BCUT2D eigenvalue weighted by atomic mass is 10.1. The largest absolute Gasteiger partial charge is 0.475 e. The maximum Gasteiger partial charge on any atom is 0.270 e. The average molecular weight is 278 g/mol. The highest BCUT2D eigenvalue weighted by molar-refractivity contribution is 5.92. The van der Waals surface area contributed by atoms with Gasteiger partial charge in [0.1, 0.15) is 5.69 Å². The molecule has 0 saturated heterocycles. The molecule has 110 valence electrons. The number of nitrogens with zero attached hydrogens (tertiary/aromatic N) is 1. The quantitative estimate of drug-likeness (QED) is 0.861. The highest BCUT2D eigenvalue weighted by atomic mass is 16.5. The maximum atomic E-state index is 12.0. The number of aromatic nitrogens is 1. The van der Waals surface area contributed by atoms with E-state index in [4.69, 9.17) is 4.74 Å². The smallest absolute Gasteiger partial charge is 0.270 e. The van der Waals surface area contributed by atoms with Gasteiger partial charge in [-0.25, -0.2) is 4.98 Å². The van der Waals surface area contributed by atoms with E-state index in [1.165, 1.54) is 0 Å². The second-order valence-electron chi connectivity index (χ2n) is 5.50. The molecule has 1 aliphatic rings. The van der Waals surface area contributed by atoms with Crippen LogP contribution in [0.5, 0.6) is 5.88 Å². The first-order valence-electron chi connectivity index (χ1n) is 7.16. The van der Waals surface area contributed by atoms with E-state index in [1.807, 2.05) is 13.8 Å². The van der Waals surface area contributed by atoms with E-state index in [1.54, 1.807) is 18.2 Å². The van der Waals surface area contributed by atoms with Crippen molar-refractivity contribution in [1.29, 1.82) is 0 Å². The van der Waals surface area contributed by atoms with Gasteiger partial charge < -0.3 is 15.2 Å². The first-order chi connectivity index (χ1) is 9.56. The number of aliphatic hydroxyl groups is 1. The van der Waals surface area contributed by atoms with Gasteiger partial charge in [0.2, 0.25) is 5.88 Å². The van der Waals surface area contributed by atoms with Gasteiger partial charge in [0.25, 0.3) is 5.91 Å². The van der Waals surface area contributed by atoms with Gasteiger partial charge in [-0.2, -0.15) is 0 Å². The number of ether oxygens (including phenoxy) is 1. The molecule has 0 aromatic carbocycles. The Morgan fingerprint density at radius 3 is 2.95 bits per heavy atom. The molecule has 1 aromatic heterocycles. The van der Waals surface area contributed by atoms with Crippen LogP contribution in [0.4, 0.5) is 0 Å². The van der Waals surface area contributed by atoms with Crippen molar-refractivity contribution in [3.8, 4) is 5.88 Å². The molecule has 5 nitrogen and oxygen atoms in total. The van der Waals surface area contributed by atoms with Crippen LogP contribution < -0.4 is 10.1 Å². The Balaban J connectivity index is 1.91. The fourth-order valence-corrected chi connectivity index (χ4v) is 2.42. The Bertz CT molecular complexity index is 462. The standard InChI is InChI=1S/C15H22N2O3/c1-10(2)20-14-8-4-6-12(17-14)15(19)16-9-11-5-3-7-13(11)18/h4,6,8,10-11,13,18H,3,5,7,9H2,1-2H3,(H,16,19). The van der Waals surface area contributed by atoms with Gasteiger partial charge in [0.05, 0.1) is 12.2 Å². The second-order valence-corrected chi connectivity index (χ2v) is 5.50. The van der Waals surface area contributed by atoms with Crippen molar-refractivity contribution in [3.63, 3.8) is 0 Å². The van der Waals surface area contributed by atoms with Crippen molar-refractivity contribution in [1.82, 2.24) is 10.3 Å². The van der Waals surface area contributed by atoms with Gasteiger partial charge in [-0.15, -0.1) is 0 Å². The minimum absolute atomic E-state index is 0.0226. The van der Waals surface area contributed by atoms with Crippen LogP contribution >= 0.6 is 0 Å². The fourth-order valence-electron chi connectivity index (χ4n) is 2.42. The number of nitrogens with one attached hydrogen (secondary N) is 1. The Morgan fingerprint density at radius 2 is 2.30 bits per heavy atom. The van der Waals surface area contributed by atoms with E-state index in [0.29, 0.717) is 18.1 Å². The van der Waals surface area contributed by atoms with E-state index < -0.39 is 0 Å². The predicted octanol–water partition coefficient (Wildman–Crippen LogP) is 1.76. The first kappa shape index (κ1) is 14.8. The topological polar surface area (TPSA) is 71.5 Å². The molecule has 2 rings (SSSR count). The third-order valence-electron chi connectivity index (χ3n) is 3.46. The zero-order chi connectivity index (χ0) is 14.5. The lowest BCUT2D eigenvalue weighted by molar-refractivity contribution is 0.0910. The lowest BCUT2D eigenvalue weighted by Crippen LogP contribution is -2.32. The summed E-state index contributed by atoms with van der Waals surface area (Å²) in [5, 5.41) is 12.6. The Hall–Kier alpha value is -1.62. The number of carbonyl (C=O) groups excluding carboxylic acids is 1. The van der Waals surface area contributed by atoms with Crippen molar-refractivity contribution in [2.75, 3.05) is 6.54 Å². The third-order valence-corrected chi connectivity index (χ3v) is 3.46. The molecule has 1 heterocycles. The average Bonchev–Trinajstić information content (AvgIpc) is 2.81. The molecular formula is C15H22N2O3. The third kappa shape index (κ3) is 3.93. The highest BCUT2D eigenvalue weighted by Crippen LogP contribution is 2.24. The molecule has 1 aromatic rings. The van der Waals surface area contributed by atoms with Crippen LogP contribution in [0.25, 0.3) is 0 Å². The summed E-state index contributed by atoms with van der Waals surface area (Å²) in [6, 6.07) is 5.15. The zero-order valence-corrected chi connectivity index (χ0v) is 12.0. The van der Waals surface area contributed by atoms with Crippen molar-refractivity contribution >= 4 is 5.91 Å².